The molecule has 0 fully saturated rings. The fourth-order valence-corrected chi connectivity index (χ4v) is 2.34. The number of rotatable bonds is 6. The predicted molar refractivity (Wildman–Crippen MR) is 84.0 cm³/mol. The highest BCUT2D eigenvalue weighted by Gasteiger charge is 2.15. The molecule has 2 aromatic rings. The first kappa shape index (κ1) is 15.8. The molecule has 5 nitrogen and oxygen atoms in total. The summed E-state index contributed by atoms with van der Waals surface area (Å²) in [4.78, 5) is 29.6. The quantitative estimate of drug-likeness (QED) is 0.503. The van der Waals surface area contributed by atoms with Crippen molar-refractivity contribution in [3.8, 4) is 5.75 Å². The third-order valence-electron chi connectivity index (χ3n) is 2.86. The van der Waals surface area contributed by atoms with Crippen LogP contribution >= 0.6 is 11.3 Å². The lowest BCUT2D eigenvalue weighted by atomic mass is 10.2. The van der Waals surface area contributed by atoms with Crippen LogP contribution in [0.25, 0.3) is 0 Å². The fraction of sp³-hybridized carbons (Fsp3) is 0.125. The minimum Gasteiger partial charge on any atom is -0.497 e. The van der Waals surface area contributed by atoms with Gasteiger partial charge in [-0.3, -0.25) is 4.79 Å². The summed E-state index contributed by atoms with van der Waals surface area (Å²) in [5.41, 5.74) is 2.99. The van der Waals surface area contributed by atoms with Gasteiger partial charge in [0.1, 0.15) is 11.4 Å². The van der Waals surface area contributed by atoms with Crippen LogP contribution in [-0.4, -0.2) is 18.9 Å². The van der Waals surface area contributed by atoms with Crippen LogP contribution in [0.4, 0.5) is 0 Å². The van der Waals surface area contributed by atoms with E-state index in [1.807, 2.05) is 5.38 Å². The van der Waals surface area contributed by atoms with E-state index in [4.69, 9.17) is 9.57 Å². The van der Waals surface area contributed by atoms with Gasteiger partial charge in [-0.25, -0.2) is 10.3 Å². The van der Waals surface area contributed by atoms with E-state index in [1.54, 1.807) is 56.5 Å². The summed E-state index contributed by atoms with van der Waals surface area (Å²) in [6, 6.07) is 9.98. The maximum absolute atomic E-state index is 12.1. The Bertz CT molecular complexity index is 675. The smallest absolute Gasteiger partial charge is 0.362 e. The minimum absolute atomic E-state index is 0.212. The molecule has 1 N–H and O–H groups in total. The topological polar surface area (TPSA) is 64.6 Å². The highest BCUT2D eigenvalue weighted by Crippen LogP contribution is 2.14. The van der Waals surface area contributed by atoms with E-state index in [0.717, 1.165) is 0 Å². The van der Waals surface area contributed by atoms with Gasteiger partial charge in [0, 0.05) is 0 Å². The van der Waals surface area contributed by atoms with Crippen molar-refractivity contribution in [1.29, 1.82) is 0 Å². The molecule has 0 unspecified atom stereocenters. The molecular weight excluding hydrogens is 302 g/mol. The molecule has 22 heavy (non-hydrogen) atoms. The lowest BCUT2D eigenvalue weighted by Gasteiger charge is -2.09. The van der Waals surface area contributed by atoms with Gasteiger partial charge in [0.15, 0.2) is 0 Å². The van der Waals surface area contributed by atoms with Gasteiger partial charge in [0.2, 0.25) is 5.78 Å². The molecule has 0 saturated heterocycles. The zero-order valence-corrected chi connectivity index (χ0v) is 13.0. The van der Waals surface area contributed by atoms with E-state index < -0.39 is 5.97 Å². The molecule has 114 valence electrons. The molecule has 0 radical (unpaired) electrons. The van der Waals surface area contributed by atoms with Crippen molar-refractivity contribution >= 4 is 23.1 Å². The van der Waals surface area contributed by atoms with E-state index in [1.165, 1.54) is 11.3 Å². The zero-order chi connectivity index (χ0) is 15.9. The van der Waals surface area contributed by atoms with Gasteiger partial charge in [-0.1, -0.05) is 12.1 Å². The van der Waals surface area contributed by atoms with E-state index in [0.29, 0.717) is 16.2 Å². The number of hydroxylamine groups is 1. The van der Waals surface area contributed by atoms with E-state index in [9.17, 15) is 9.59 Å². The third-order valence-corrected chi connectivity index (χ3v) is 3.73. The number of benzene rings is 1. The number of nitrogens with one attached hydrogen (secondary N) is 1. The van der Waals surface area contributed by atoms with Crippen molar-refractivity contribution in [1.82, 2.24) is 5.48 Å². The highest BCUT2D eigenvalue weighted by molar-refractivity contribution is 7.12. The second kappa shape index (κ2) is 7.42. The Balaban J connectivity index is 1.98. The standard InChI is InChI=1S/C16H15NO4S/c1-3-13(15(18)14-5-4-10-22-14)17-21-16(19)11-6-8-12(20-2)9-7-11/h3-10,17H,1-2H3/b13-3+. The summed E-state index contributed by atoms with van der Waals surface area (Å²) >= 11 is 1.32. The number of methoxy groups -OCH3 is 1. The zero-order valence-electron chi connectivity index (χ0n) is 12.2. The van der Waals surface area contributed by atoms with Crippen molar-refractivity contribution in [3.05, 3.63) is 64.0 Å². The largest absolute Gasteiger partial charge is 0.497 e. The number of hydrogen-bond acceptors (Lipinski definition) is 6. The number of ether oxygens (including phenoxy) is 1. The Kier molecular flexibility index (Phi) is 5.32. The van der Waals surface area contributed by atoms with E-state index in [-0.39, 0.29) is 11.5 Å². The summed E-state index contributed by atoms with van der Waals surface area (Å²) in [5.74, 6) is -0.160. The van der Waals surface area contributed by atoms with Gasteiger partial charge in [0.25, 0.3) is 0 Å². The Morgan fingerprint density at radius 1 is 1.18 bits per heavy atom. The van der Waals surface area contributed by atoms with E-state index in [2.05, 4.69) is 5.48 Å². The van der Waals surface area contributed by atoms with Crippen LogP contribution in [0.1, 0.15) is 27.0 Å². The Hall–Kier alpha value is -2.60. The molecular formula is C16H15NO4S. The summed E-state index contributed by atoms with van der Waals surface area (Å²) in [6.07, 6.45) is 1.56. The molecule has 0 atom stereocenters. The van der Waals surface area contributed by atoms with Crippen LogP contribution in [0.2, 0.25) is 0 Å². The van der Waals surface area contributed by atoms with Crippen molar-refractivity contribution in [2.75, 3.05) is 7.11 Å². The molecule has 0 aliphatic rings. The van der Waals surface area contributed by atoms with Gasteiger partial charge >= 0.3 is 5.97 Å². The number of Topliss-reactive ketones (excluding diaryl/α,β-unsaturated/α-hetero) is 1. The lowest BCUT2D eigenvalue weighted by molar-refractivity contribution is 0.0320. The van der Waals surface area contributed by atoms with Crippen LogP contribution < -0.4 is 10.2 Å². The first-order valence-electron chi connectivity index (χ1n) is 6.51. The molecule has 1 aromatic carbocycles. The van der Waals surface area contributed by atoms with Crippen molar-refractivity contribution in [3.63, 3.8) is 0 Å². The molecule has 0 spiro atoms. The van der Waals surface area contributed by atoms with Crippen molar-refractivity contribution < 1.29 is 19.2 Å². The number of thiophene rings is 1. The Morgan fingerprint density at radius 2 is 1.91 bits per heavy atom. The van der Waals surface area contributed by atoms with Crippen LogP contribution in [0.15, 0.2) is 53.6 Å². The number of carbonyl (C=O) groups is 2. The summed E-state index contributed by atoms with van der Waals surface area (Å²) in [6.45, 7) is 1.69. The number of hydrogen-bond donors (Lipinski definition) is 1. The second-order valence-corrected chi connectivity index (χ2v) is 5.18. The molecule has 1 aromatic heterocycles. The molecule has 0 amide bonds. The predicted octanol–water partition coefficient (Wildman–Crippen LogP) is 3.20. The van der Waals surface area contributed by atoms with Gasteiger partial charge in [-0.15, -0.1) is 11.3 Å². The first-order valence-corrected chi connectivity index (χ1v) is 7.39. The Labute approximate surface area is 132 Å². The summed E-state index contributed by atoms with van der Waals surface area (Å²) < 4.78 is 5.02. The monoisotopic (exact) mass is 317 g/mol. The molecule has 6 heteroatoms. The molecule has 2 rings (SSSR count). The molecule has 0 aliphatic carbocycles. The summed E-state index contributed by atoms with van der Waals surface area (Å²) in [7, 11) is 1.55. The van der Waals surface area contributed by atoms with Crippen LogP contribution in [-0.2, 0) is 4.84 Å². The first-order chi connectivity index (χ1) is 10.7. The molecule has 0 aliphatic heterocycles. The molecule has 0 saturated carbocycles. The molecule has 0 bridgehead atoms. The normalized spacial score (nSPS) is 10.9. The summed E-state index contributed by atoms with van der Waals surface area (Å²) in [5, 5.41) is 1.81. The minimum atomic E-state index is -0.582. The van der Waals surface area contributed by atoms with Crippen molar-refractivity contribution in [2.45, 2.75) is 6.92 Å². The van der Waals surface area contributed by atoms with Gasteiger partial charge in [-0.05, 0) is 42.6 Å². The van der Waals surface area contributed by atoms with Crippen LogP contribution in [0.5, 0.6) is 5.75 Å². The number of ketones is 1. The number of carbonyl (C=O) groups excluding carboxylic acids is 2. The van der Waals surface area contributed by atoms with Gasteiger partial charge in [0.05, 0.1) is 17.6 Å². The van der Waals surface area contributed by atoms with E-state index >= 15 is 0 Å². The van der Waals surface area contributed by atoms with Crippen LogP contribution in [0.3, 0.4) is 0 Å². The van der Waals surface area contributed by atoms with Gasteiger partial charge in [-0.2, -0.15) is 0 Å². The SMILES string of the molecule is C/C=C(/NOC(=O)c1ccc(OC)cc1)C(=O)c1cccs1. The highest BCUT2D eigenvalue weighted by atomic mass is 32.1. The molecule has 1 heterocycles. The third kappa shape index (κ3) is 3.73. The van der Waals surface area contributed by atoms with Crippen LogP contribution in [0, 0.1) is 0 Å². The number of allylic oxidation sites excluding steroid dienone is 2. The average molecular weight is 317 g/mol. The maximum atomic E-state index is 12.1. The van der Waals surface area contributed by atoms with Crippen molar-refractivity contribution in [2.24, 2.45) is 0 Å². The average Bonchev–Trinajstić information content (AvgIpc) is 3.09. The van der Waals surface area contributed by atoms with Gasteiger partial charge < -0.3 is 9.57 Å². The fourth-order valence-electron chi connectivity index (χ4n) is 1.66. The second-order valence-electron chi connectivity index (χ2n) is 4.23. The lowest BCUT2D eigenvalue weighted by Crippen LogP contribution is -2.24. The Morgan fingerprint density at radius 3 is 2.45 bits per heavy atom. The maximum Gasteiger partial charge on any atom is 0.362 e.